The first kappa shape index (κ1) is 16.3. The van der Waals surface area contributed by atoms with Gasteiger partial charge in [-0.3, -0.25) is 9.48 Å². The van der Waals surface area contributed by atoms with Gasteiger partial charge in [0.15, 0.2) is 0 Å². The van der Waals surface area contributed by atoms with Gasteiger partial charge in [0, 0.05) is 38.9 Å². The summed E-state index contributed by atoms with van der Waals surface area (Å²) in [4.78, 5) is 15.3. The molecule has 0 aliphatic carbocycles. The van der Waals surface area contributed by atoms with Gasteiger partial charge < -0.3 is 9.64 Å². The maximum atomic E-state index is 13.3. The van der Waals surface area contributed by atoms with Crippen LogP contribution >= 0.6 is 0 Å². The van der Waals surface area contributed by atoms with Crippen LogP contribution < -0.4 is 0 Å². The summed E-state index contributed by atoms with van der Waals surface area (Å²) in [7, 11) is 1.90. The molecule has 5 nitrogen and oxygen atoms in total. The van der Waals surface area contributed by atoms with Crippen LogP contribution in [0.15, 0.2) is 30.5 Å². The second-order valence-electron chi connectivity index (χ2n) is 7.11. The van der Waals surface area contributed by atoms with Crippen molar-refractivity contribution in [1.82, 2.24) is 14.7 Å². The van der Waals surface area contributed by atoms with Crippen LogP contribution in [0, 0.1) is 0 Å². The average molecular weight is 339 g/mol. The van der Waals surface area contributed by atoms with Crippen molar-refractivity contribution in [2.45, 2.75) is 38.1 Å². The first-order chi connectivity index (χ1) is 12.1. The molecule has 25 heavy (non-hydrogen) atoms. The van der Waals surface area contributed by atoms with Gasteiger partial charge in [0.2, 0.25) is 0 Å². The molecule has 0 saturated carbocycles. The van der Waals surface area contributed by atoms with E-state index in [4.69, 9.17) is 4.74 Å². The molecule has 132 valence electrons. The van der Waals surface area contributed by atoms with Crippen LogP contribution in [-0.4, -0.2) is 40.3 Å². The number of hydrogen-bond acceptors (Lipinski definition) is 3. The number of amides is 1. The highest BCUT2D eigenvalue weighted by atomic mass is 16.5. The lowest BCUT2D eigenvalue weighted by Crippen LogP contribution is -2.39. The van der Waals surface area contributed by atoms with Crippen molar-refractivity contribution in [3.05, 3.63) is 52.8 Å². The number of aromatic nitrogens is 2. The zero-order valence-corrected chi connectivity index (χ0v) is 14.9. The van der Waals surface area contributed by atoms with Gasteiger partial charge >= 0.3 is 0 Å². The molecule has 2 aliphatic heterocycles. The van der Waals surface area contributed by atoms with Crippen molar-refractivity contribution in [2.75, 3.05) is 19.8 Å². The van der Waals surface area contributed by atoms with E-state index in [1.165, 1.54) is 11.1 Å². The normalized spacial score (nSPS) is 21.2. The first-order valence-electron chi connectivity index (χ1n) is 9.15. The molecule has 3 heterocycles. The van der Waals surface area contributed by atoms with E-state index in [2.05, 4.69) is 36.3 Å². The van der Waals surface area contributed by atoms with Crippen LogP contribution in [0.5, 0.6) is 0 Å². The van der Waals surface area contributed by atoms with Crippen molar-refractivity contribution >= 4 is 5.91 Å². The molecular formula is C20H25N3O2. The van der Waals surface area contributed by atoms with Gasteiger partial charge in [0.25, 0.3) is 5.91 Å². The predicted molar refractivity (Wildman–Crippen MR) is 95.6 cm³/mol. The van der Waals surface area contributed by atoms with Crippen molar-refractivity contribution < 1.29 is 9.53 Å². The minimum atomic E-state index is 0.0974. The molecule has 1 aromatic carbocycles. The number of fused-ring (bicyclic) bond motifs is 1. The maximum absolute atomic E-state index is 13.3. The highest BCUT2D eigenvalue weighted by molar-refractivity contribution is 5.95. The highest BCUT2D eigenvalue weighted by Crippen LogP contribution is 2.33. The number of nitrogens with zero attached hydrogens (tertiary/aromatic N) is 3. The van der Waals surface area contributed by atoms with E-state index in [0.717, 1.165) is 50.3 Å². The summed E-state index contributed by atoms with van der Waals surface area (Å²) in [5.41, 5.74) is 4.33. The number of rotatable bonds is 2. The molecule has 1 amide bonds. The van der Waals surface area contributed by atoms with Gasteiger partial charge in [0.1, 0.15) is 0 Å². The molecule has 4 rings (SSSR count). The Bertz CT molecular complexity index is 777. The quantitative estimate of drug-likeness (QED) is 0.845. The molecular weight excluding hydrogens is 314 g/mol. The number of aryl methyl sites for hydroxylation is 1. The van der Waals surface area contributed by atoms with E-state index >= 15 is 0 Å². The average Bonchev–Trinajstić information content (AvgIpc) is 3.04. The summed E-state index contributed by atoms with van der Waals surface area (Å²) in [6, 6.07) is 8.54. The first-order valence-corrected chi connectivity index (χ1v) is 9.15. The predicted octanol–water partition coefficient (Wildman–Crippen LogP) is 3.07. The zero-order chi connectivity index (χ0) is 17.4. The largest absolute Gasteiger partial charge is 0.381 e. The molecule has 0 radical (unpaired) electrons. The van der Waals surface area contributed by atoms with Crippen LogP contribution in [0.25, 0.3) is 0 Å². The van der Waals surface area contributed by atoms with Gasteiger partial charge in [-0.2, -0.15) is 5.10 Å². The van der Waals surface area contributed by atoms with Crippen molar-refractivity contribution in [3.8, 4) is 0 Å². The number of hydrogen-bond donors (Lipinski definition) is 0. The van der Waals surface area contributed by atoms with E-state index in [0.29, 0.717) is 5.92 Å². The molecule has 2 aromatic rings. The number of benzene rings is 1. The summed E-state index contributed by atoms with van der Waals surface area (Å²) in [5.74, 6) is 0.429. The summed E-state index contributed by atoms with van der Waals surface area (Å²) >= 11 is 0. The van der Waals surface area contributed by atoms with E-state index in [-0.39, 0.29) is 11.9 Å². The number of carbonyl (C=O) groups is 1. The lowest BCUT2D eigenvalue weighted by molar-refractivity contribution is 0.0667. The Morgan fingerprint density at radius 3 is 2.80 bits per heavy atom. The Hall–Kier alpha value is -2.14. The van der Waals surface area contributed by atoms with Gasteiger partial charge in [-0.25, -0.2) is 0 Å². The highest BCUT2D eigenvalue weighted by Gasteiger charge is 2.32. The van der Waals surface area contributed by atoms with Crippen LogP contribution in [0.1, 0.15) is 58.9 Å². The van der Waals surface area contributed by atoms with Gasteiger partial charge in [0.05, 0.1) is 17.3 Å². The van der Waals surface area contributed by atoms with Gasteiger partial charge in [-0.1, -0.05) is 24.3 Å². The third-order valence-electron chi connectivity index (χ3n) is 5.55. The minimum absolute atomic E-state index is 0.0974. The minimum Gasteiger partial charge on any atom is -0.381 e. The Morgan fingerprint density at radius 2 is 2.00 bits per heavy atom. The summed E-state index contributed by atoms with van der Waals surface area (Å²) < 4.78 is 7.25. The standard InChI is InChI=1S/C20H25N3O2/c1-14-17-6-4-3-5-15(17)7-10-23(14)20(24)18-13-22(2)21-19(18)16-8-11-25-12-9-16/h3-6,13-14,16H,7-12H2,1-2H3. The molecule has 0 N–H and O–H groups in total. The van der Waals surface area contributed by atoms with E-state index in [9.17, 15) is 4.79 Å². The molecule has 0 bridgehead atoms. The smallest absolute Gasteiger partial charge is 0.257 e. The fourth-order valence-corrected chi connectivity index (χ4v) is 4.15. The van der Waals surface area contributed by atoms with Crippen LogP contribution in [0.4, 0.5) is 0 Å². The second-order valence-corrected chi connectivity index (χ2v) is 7.11. The molecule has 2 aliphatic rings. The monoisotopic (exact) mass is 339 g/mol. The Balaban J connectivity index is 1.63. The number of carbonyl (C=O) groups excluding carboxylic acids is 1. The summed E-state index contributed by atoms with van der Waals surface area (Å²) in [5, 5.41) is 4.63. The molecule has 1 unspecified atom stereocenters. The maximum Gasteiger partial charge on any atom is 0.257 e. The van der Waals surface area contributed by atoms with E-state index in [1.54, 1.807) is 4.68 Å². The van der Waals surface area contributed by atoms with Crippen LogP contribution in [0.3, 0.4) is 0 Å². The van der Waals surface area contributed by atoms with E-state index in [1.807, 2.05) is 18.1 Å². The summed E-state index contributed by atoms with van der Waals surface area (Å²) in [6.45, 7) is 4.39. The molecule has 1 atom stereocenters. The molecule has 5 heteroatoms. The molecule has 0 spiro atoms. The molecule has 1 aromatic heterocycles. The molecule has 1 saturated heterocycles. The van der Waals surface area contributed by atoms with E-state index < -0.39 is 0 Å². The lowest BCUT2D eigenvalue weighted by Gasteiger charge is -2.35. The third kappa shape index (κ3) is 2.97. The van der Waals surface area contributed by atoms with Gasteiger partial charge in [-0.15, -0.1) is 0 Å². The lowest BCUT2D eigenvalue weighted by atomic mass is 9.91. The SMILES string of the molecule is CC1c2ccccc2CCN1C(=O)c1cn(C)nc1C1CCOCC1. The van der Waals surface area contributed by atoms with Crippen molar-refractivity contribution in [2.24, 2.45) is 7.05 Å². The van der Waals surface area contributed by atoms with Crippen LogP contribution in [0.2, 0.25) is 0 Å². The van der Waals surface area contributed by atoms with Gasteiger partial charge in [-0.05, 0) is 37.3 Å². The molecule has 1 fully saturated rings. The third-order valence-corrected chi connectivity index (χ3v) is 5.55. The Morgan fingerprint density at radius 1 is 1.24 bits per heavy atom. The second kappa shape index (κ2) is 6.64. The van der Waals surface area contributed by atoms with Crippen molar-refractivity contribution in [3.63, 3.8) is 0 Å². The van der Waals surface area contributed by atoms with Crippen LogP contribution in [-0.2, 0) is 18.2 Å². The topological polar surface area (TPSA) is 47.4 Å². The Labute approximate surface area is 148 Å². The number of ether oxygens (including phenoxy) is 1. The zero-order valence-electron chi connectivity index (χ0n) is 14.9. The fourth-order valence-electron chi connectivity index (χ4n) is 4.15. The summed E-state index contributed by atoms with van der Waals surface area (Å²) in [6.07, 6.45) is 4.69. The fraction of sp³-hybridized carbons (Fsp3) is 0.500. The Kier molecular flexibility index (Phi) is 4.34. The van der Waals surface area contributed by atoms with Crippen molar-refractivity contribution in [1.29, 1.82) is 0 Å².